The molecule has 0 N–H and O–H groups in total. The standard InChI is InChI=1S/C10H12N2O2S/c1-10(2,3)14-9(13)7(6-11)8-12-4-5-15-8/h4-5,7H,1-3H3. The third-order valence-corrected chi connectivity index (χ3v) is 2.31. The van der Waals surface area contributed by atoms with E-state index < -0.39 is 17.5 Å². The molecule has 15 heavy (non-hydrogen) atoms. The third kappa shape index (κ3) is 3.33. The molecule has 0 saturated carbocycles. The van der Waals surface area contributed by atoms with E-state index in [1.54, 1.807) is 32.3 Å². The molecule has 0 saturated heterocycles. The first-order valence-corrected chi connectivity index (χ1v) is 5.34. The summed E-state index contributed by atoms with van der Waals surface area (Å²) < 4.78 is 5.12. The second kappa shape index (κ2) is 4.41. The van der Waals surface area contributed by atoms with Crippen LogP contribution in [-0.4, -0.2) is 16.6 Å². The predicted octanol–water partition coefficient (Wildman–Crippen LogP) is 2.09. The van der Waals surface area contributed by atoms with Crippen molar-refractivity contribution in [2.75, 3.05) is 0 Å². The number of nitrogens with zero attached hydrogens (tertiary/aromatic N) is 2. The first kappa shape index (κ1) is 11.7. The first-order valence-electron chi connectivity index (χ1n) is 4.46. The second-order valence-electron chi connectivity index (χ2n) is 3.97. The van der Waals surface area contributed by atoms with Crippen LogP contribution >= 0.6 is 11.3 Å². The summed E-state index contributed by atoms with van der Waals surface area (Å²) >= 11 is 1.28. The van der Waals surface area contributed by atoms with Crippen LogP contribution in [0.25, 0.3) is 0 Å². The Balaban J connectivity index is 2.78. The normalized spacial score (nSPS) is 12.9. The van der Waals surface area contributed by atoms with Gasteiger partial charge in [0.25, 0.3) is 0 Å². The molecule has 1 aromatic heterocycles. The molecule has 1 aromatic rings. The third-order valence-electron chi connectivity index (χ3n) is 1.47. The van der Waals surface area contributed by atoms with E-state index in [2.05, 4.69) is 4.98 Å². The van der Waals surface area contributed by atoms with Crippen molar-refractivity contribution in [1.29, 1.82) is 5.26 Å². The minimum atomic E-state index is -0.913. The fourth-order valence-electron chi connectivity index (χ4n) is 0.946. The molecule has 1 atom stereocenters. The number of carbonyl (C=O) groups excluding carboxylic acids is 1. The summed E-state index contributed by atoms with van der Waals surface area (Å²) in [5, 5.41) is 11.1. The number of carbonyl (C=O) groups is 1. The van der Waals surface area contributed by atoms with Gasteiger partial charge in [0.05, 0.1) is 6.07 Å². The Morgan fingerprint density at radius 2 is 2.33 bits per heavy atom. The maximum atomic E-state index is 11.6. The zero-order valence-corrected chi connectivity index (χ0v) is 9.67. The quantitative estimate of drug-likeness (QED) is 0.721. The topological polar surface area (TPSA) is 63.0 Å². The molecule has 1 heterocycles. The summed E-state index contributed by atoms with van der Waals surface area (Å²) in [7, 11) is 0. The number of nitriles is 1. The Kier molecular flexibility index (Phi) is 3.43. The van der Waals surface area contributed by atoms with E-state index in [1.165, 1.54) is 11.3 Å². The highest BCUT2D eigenvalue weighted by Gasteiger charge is 2.28. The number of thiazole rings is 1. The smallest absolute Gasteiger partial charge is 0.330 e. The van der Waals surface area contributed by atoms with Gasteiger partial charge in [-0.05, 0) is 20.8 Å². The van der Waals surface area contributed by atoms with Crippen molar-refractivity contribution < 1.29 is 9.53 Å². The van der Waals surface area contributed by atoms with E-state index in [4.69, 9.17) is 10.00 Å². The highest BCUT2D eigenvalue weighted by atomic mass is 32.1. The molecule has 0 aliphatic heterocycles. The lowest BCUT2D eigenvalue weighted by Gasteiger charge is -2.20. The number of ether oxygens (including phenoxy) is 1. The Hall–Kier alpha value is -1.41. The van der Waals surface area contributed by atoms with E-state index in [0.29, 0.717) is 5.01 Å². The lowest BCUT2D eigenvalue weighted by atomic mass is 10.1. The van der Waals surface area contributed by atoms with Gasteiger partial charge in [-0.25, -0.2) is 4.98 Å². The molecule has 0 radical (unpaired) electrons. The molecule has 1 rings (SSSR count). The van der Waals surface area contributed by atoms with Crippen molar-refractivity contribution in [1.82, 2.24) is 4.98 Å². The van der Waals surface area contributed by atoms with E-state index in [9.17, 15) is 4.79 Å². The minimum Gasteiger partial charge on any atom is -0.459 e. The summed E-state index contributed by atoms with van der Waals surface area (Å²) in [5.41, 5.74) is -0.580. The van der Waals surface area contributed by atoms with Gasteiger partial charge < -0.3 is 4.74 Å². The number of hydrogen-bond acceptors (Lipinski definition) is 5. The van der Waals surface area contributed by atoms with Crippen LogP contribution in [0.2, 0.25) is 0 Å². The lowest BCUT2D eigenvalue weighted by molar-refractivity contribution is -0.155. The Morgan fingerprint density at radius 3 is 2.73 bits per heavy atom. The van der Waals surface area contributed by atoms with Gasteiger partial charge in [0.2, 0.25) is 0 Å². The van der Waals surface area contributed by atoms with Crippen LogP contribution in [0.5, 0.6) is 0 Å². The van der Waals surface area contributed by atoms with E-state index in [-0.39, 0.29) is 0 Å². The van der Waals surface area contributed by atoms with E-state index in [0.717, 1.165) is 0 Å². The molecule has 0 bridgehead atoms. The van der Waals surface area contributed by atoms with Gasteiger partial charge in [-0.2, -0.15) is 5.26 Å². The zero-order valence-electron chi connectivity index (χ0n) is 8.85. The summed E-state index contributed by atoms with van der Waals surface area (Å²) in [6.07, 6.45) is 1.56. The molecule has 4 nitrogen and oxygen atoms in total. The summed E-state index contributed by atoms with van der Waals surface area (Å²) in [6.45, 7) is 5.30. The highest BCUT2D eigenvalue weighted by Crippen LogP contribution is 2.21. The van der Waals surface area contributed by atoms with Crippen molar-refractivity contribution in [3.05, 3.63) is 16.6 Å². The predicted molar refractivity (Wildman–Crippen MR) is 56.3 cm³/mol. The zero-order chi connectivity index (χ0) is 11.5. The van der Waals surface area contributed by atoms with E-state index in [1.807, 2.05) is 6.07 Å². The van der Waals surface area contributed by atoms with Gasteiger partial charge in [-0.1, -0.05) is 0 Å². The van der Waals surface area contributed by atoms with Gasteiger partial charge in [0.1, 0.15) is 10.6 Å². The Morgan fingerprint density at radius 1 is 1.67 bits per heavy atom. The van der Waals surface area contributed by atoms with Crippen molar-refractivity contribution in [3.63, 3.8) is 0 Å². The molecule has 0 amide bonds. The van der Waals surface area contributed by atoms with Gasteiger partial charge in [-0.15, -0.1) is 11.3 Å². The summed E-state index contributed by atoms with van der Waals surface area (Å²) in [5.74, 6) is -1.45. The fourth-order valence-corrected chi connectivity index (χ4v) is 1.61. The number of aromatic nitrogens is 1. The largest absolute Gasteiger partial charge is 0.459 e. The van der Waals surface area contributed by atoms with Gasteiger partial charge in [0.15, 0.2) is 5.92 Å². The SMILES string of the molecule is CC(C)(C)OC(=O)C(C#N)c1nccs1. The average Bonchev–Trinajstić information content (AvgIpc) is 2.54. The van der Waals surface area contributed by atoms with Crippen LogP contribution in [0.3, 0.4) is 0 Å². The molecular weight excluding hydrogens is 212 g/mol. The van der Waals surface area contributed by atoms with Crippen LogP contribution in [-0.2, 0) is 9.53 Å². The lowest BCUT2D eigenvalue weighted by Crippen LogP contribution is -2.27. The summed E-state index contributed by atoms with van der Waals surface area (Å²) in [6, 6.07) is 1.90. The van der Waals surface area contributed by atoms with Crippen molar-refractivity contribution in [2.45, 2.75) is 32.3 Å². The first-order chi connectivity index (χ1) is 6.94. The van der Waals surface area contributed by atoms with E-state index >= 15 is 0 Å². The highest BCUT2D eigenvalue weighted by molar-refractivity contribution is 7.09. The van der Waals surface area contributed by atoms with Gasteiger partial charge in [0, 0.05) is 11.6 Å². The summed E-state index contributed by atoms with van der Waals surface area (Å²) in [4.78, 5) is 15.5. The van der Waals surface area contributed by atoms with Crippen LogP contribution < -0.4 is 0 Å². The maximum Gasteiger partial charge on any atom is 0.330 e. The van der Waals surface area contributed by atoms with Crippen LogP contribution in [0.1, 0.15) is 31.7 Å². The average molecular weight is 224 g/mol. The van der Waals surface area contributed by atoms with Crippen molar-refractivity contribution >= 4 is 17.3 Å². The molecule has 0 aliphatic carbocycles. The monoisotopic (exact) mass is 224 g/mol. The molecule has 0 spiro atoms. The molecule has 80 valence electrons. The Bertz CT molecular complexity index is 373. The van der Waals surface area contributed by atoms with Crippen LogP contribution in [0.4, 0.5) is 0 Å². The van der Waals surface area contributed by atoms with Crippen LogP contribution in [0, 0.1) is 11.3 Å². The molecule has 0 aliphatic rings. The fraction of sp³-hybridized carbons (Fsp3) is 0.500. The van der Waals surface area contributed by atoms with Crippen molar-refractivity contribution in [3.8, 4) is 6.07 Å². The molecular formula is C10H12N2O2S. The molecule has 1 unspecified atom stereocenters. The Labute approximate surface area is 92.5 Å². The molecule has 5 heteroatoms. The second-order valence-corrected chi connectivity index (χ2v) is 4.89. The van der Waals surface area contributed by atoms with Gasteiger partial charge >= 0.3 is 5.97 Å². The van der Waals surface area contributed by atoms with Crippen molar-refractivity contribution in [2.24, 2.45) is 0 Å². The number of rotatable bonds is 2. The van der Waals surface area contributed by atoms with Gasteiger partial charge in [-0.3, -0.25) is 4.79 Å². The number of hydrogen-bond donors (Lipinski definition) is 0. The number of esters is 1. The molecule has 0 aromatic carbocycles. The molecule has 0 fully saturated rings. The minimum absolute atomic E-state index is 0.478. The maximum absolute atomic E-state index is 11.6. The van der Waals surface area contributed by atoms with Crippen LogP contribution in [0.15, 0.2) is 11.6 Å².